The van der Waals surface area contributed by atoms with Crippen LogP contribution in [-0.2, 0) is 11.3 Å². The van der Waals surface area contributed by atoms with Gasteiger partial charge >= 0.3 is 5.97 Å². The number of benzene rings is 1. The summed E-state index contributed by atoms with van der Waals surface area (Å²) in [6.45, 7) is 8.02. The molecule has 20 heavy (non-hydrogen) atoms. The second-order valence-electron chi connectivity index (χ2n) is 4.92. The lowest BCUT2D eigenvalue weighted by molar-refractivity contribution is -0.139. The molecule has 5 heteroatoms. The van der Waals surface area contributed by atoms with E-state index in [1.165, 1.54) is 0 Å². The summed E-state index contributed by atoms with van der Waals surface area (Å²) in [6.07, 6.45) is 0. The molecule has 0 aromatic heterocycles. The van der Waals surface area contributed by atoms with E-state index in [0.29, 0.717) is 24.0 Å². The molecule has 0 heterocycles. The molecule has 0 amide bonds. The van der Waals surface area contributed by atoms with Crippen molar-refractivity contribution in [3.8, 4) is 11.5 Å². The number of aliphatic carboxylic acids is 1. The summed E-state index contributed by atoms with van der Waals surface area (Å²) in [6, 6.07) is 5.54. The predicted octanol–water partition coefficient (Wildman–Crippen LogP) is 2.29. The third-order valence-electron chi connectivity index (χ3n) is 2.54. The van der Waals surface area contributed by atoms with Crippen LogP contribution in [0.1, 0.15) is 26.3 Å². The molecule has 1 aromatic rings. The topological polar surface area (TPSA) is 67.8 Å². The molecule has 0 radical (unpaired) electrons. The first-order valence-electron chi connectivity index (χ1n) is 6.84. The molecule has 0 spiro atoms. The molecule has 0 aliphatic rings. The van der Waals surface area contributed by atoms with Crippen LogP contribution in [-0.4, -0.2) is 30.8 Å². The van der Waals surface area contributed by atoms with Gasteiger partial charge < -0.3 is 19.9 Å². The van der Waals surface area contributed by atoms with Crippen molar-refractivity contribution in [2.45, 2.75) is 27.3 Å². The van der Waals surface area contributed by atoms with E-state index >= 15 is 0 Å². The molecule has 0 bridgehead atoms. The van der Waals surface area contributed by atoms with E-state index in [0.717, 1.165) is 18.7 Å². The number of rotatable bonds is 9. The van der Waals surface area contributed by atoms with Crippen molar-refractivity contribution in [3.05, 3.63) is 23.8 Å². The molecule has 1 aromatic carbocycles. The van der Waals surface area contributed by atoms with Crippen LogP contribution in [0, 0.1) is 5.92 Å². The van der Waals surface area contributed by atoms with Gasteiger partial charge in [0.05, 0.1) is 6.61 Å². The highest BCUT2D eigenvalue weighted by Gasteiger charge is 2.08. The lowest BCUT2D eigenvalue weighted by Gasteiger charge is -2.13. The Kier molecular flexibility index (Phi) is 6.87. The molecule has 2 N–H and O–H groups in total. The Hall–Kier alpha value is -1.75. The number of nitrogens with one attached hydrogen (secondary N) is 1. The molecular weight excluding hydrogens is 258 g/mol. The van der Waals surface area contributed by atoms with Gasteiger partial charge in [-0.2, -0.15) is 0 Å². The summed E-state index contributed by atoms with van der Waals surface area (Å²) in [5.41, 5.74) is 1.08. The molecular formula is C15H23NO4. The molecule has 1 rings (SSSR count). The summed E-state index contributed by atoms with van der Waals surface area (Å²) in [4.78, 5) is 10.5. The molecule has 0 saturated heterocycles. The minimum atomic E-state index is -1.00. The van der Waals surface area contributed by atoms with Crippen molar-refractivity contribution < 1.29 is 19.4 Å². The van der Waals surface area contributed by atoms with Gasteiger partial charge in [-0.3, -0.25) is 0 Å². The molecule has 0 atom stereocenters. The second-order valence-corrected chi connectivity index (χ2v) is 4.92. The lowest BCUT2D eigenvalue weighted by Crippen LogP contribution is -2.19. The average molecular weight is 281 g/mol. The Morgan fingerprint density at radius 1 is 1.30 bits per heavy atom. The zero-order valence-electron chi connectivity index (χ0n) is 12.3. The van der Waals surface area contributed by atoms with Crippen LogP contribution < -0.4 is 14.8 Å². The van der Waals surface area contributed by atoms with Gasteiger partial charge in [0.15, 0.2) is 18.1 Å². The molecule has 0 fully saturated rings. The van der Waals surface area contributed by atoms with Crippen molar-refractivity contribution in [2.75, 3.05) is 19.8 Å². The maximum absolute atomic E-state index is 10.5. The SMILES string of the molecule is CCOc1cc(CNCC(C)C)ccc1OCC(=O)O. The van der Waals surface area contributed by atoms with Gasteiger partial charge in [-0.05, 0) is 37.1 Å². The number of carbonyl (C=O) groups is 1. The first-order chi connectivity index (χ1) is 9.52. The van der Waals surface area contributed by atoms with Crippen LogP contribution >= 0.6 is 0 Å². The van der Waals surface area contributed by atoms with Crippen LogP contribution in [0.2, 0.25) is 0 Å². The number of hydrogen-bond acceptors (Lipinski definition) is 4. The zero-order valence-corrected chi connectivity index (χ0v) is 12.3. The van der Waals surface area contributed by atoms with E-state index in [1.807, 2.05) is 19.1 Å². The lowest BCUT2D eigenvalue weighted by atomic mass is 10.2. The van der Waals surface area contributed by atoms with Crippen molar-refractivity contribution >= 4 is 5.97 Å². The Bertz CT molecular complexity index is 432. The van der Waals surface area contributed by atoms with Gasteiger partial charge in [0.2, 0.25) is 0 Å². The number of ether oxygens (including phenoxy) is 2. The van der Waals surface area contributed by atoms with Crippen LogP contribution in [0.3, 0.4) is 0 Å². The van der Waals surface area contributed by atoms with Gasteiger partial charge in [-0.1, -0.05) is 19.9 Å². The van der Waals surface area contributed by atoms with E-state index in [4.69, 9.17) is 14.6 Å². The smallest absolute Gasteiger partial charge is 0.341 e. The fourth-order valence-electron chi connectivity index (χ4n) is 1.69. The zero-order chi connectivity index (χ0) is 15.0. The maximum atomic E-state index is 10.5. The van der Waals surface area contributed by atoms with Crippen LogP contribution in [0.15, 0.2) is 18.2 Å². The van der Waals surface area contributed by atoms with Crippen molar-refractivity contribution in [1.29, 1.82) is 0 Å². The number of hydrogen-bond donors (Lipinski definition) is 2. The Labute approximate surface area is 119 Å². The van der Waals surface area contributed by atoms with E-state index < -0.39 is 5.97 Å². The Morgan fingerprint density at radius 2 is 2.05 bits per heavy atom. The molecule has 0 unspecified atom stereocenters. The van der Waals surface area contributed by atoms with Crippen LogP contribution in [0.5, 0.6) is 11.5 Å². The summed E-state index contributed by atoms with van der Waals surface area (Å²) in [7, 11) is 0. The second kappa shape index (κ2) is 8.43. The summed E-state index contributed by atoms with van der Waals surface area (Å²) < 4.78 is 10.7. The molecule has 0 aliphatic carbocycles. The Morgan fingerprint density at radius 3 is 2.65 bits per heavy atom. The third-order valence-corrected chi connectivity index (χ3v) is 2.54. The summed E-state index contributed by atoms with van der Waals surface area (Å²) >= 11 is 0. The fraction of sp³-hybridized carbons (Fsp3) is 0.533. The molecule has 0 saturated carbocycles. The van der Waals surface area contributed by atoms with Gasteiger partial charge in [-0.15, -0.1) is 0 Å². The maximum Gasteiger partial charge on any atom is 0.341 e. The van der Waals surface area contributed by atoms with Crippen molar-refractivity contribution in [3.63, 3.8) is 0 Å². The number of carboxylic acid groups (broad SMARTS) is 1. The average Bonchev–Trinajstić information content (AvgIpc) is 2.37. The van der Waals surface area contributed by atoms with Crippen LogP contribution in [0.4, 0.5) is 0 Å². The van der Waals surface area contributed by atoms with Gasteiger partial charge in [0.25, 0.3) is 0 Å². The third kappa shape index (κ3) is 5.93. The van der Waals surface area contributed by atoms with Crippen molar-refractivity contribution in [1.82, 2.24) is 5.32 Å². The van der Waals surface area contributed by atoms with E-state index in [1.54, 1.807) is 6.07 Å². The van der Waals surface area contributed by atoms with Crippen molar-refractivity contribution in [2.24, 2.45) is 5.92 Å². The molecule has 0 aliphatic heterocycles. The first kappa shape index (κ1) is 16.3. The highest BCUT2D eigenvalue weighted by atomic mass is 16.5. The van der Waals surface area contributed by atoms with E-state index in [9.17, 15) is 4.79 Å². The minimum absolute atomic E-state index is 0.370. The highest BCUT2D eigenvalue weighted by Crippen LogP contribution is 2.28. The van der Waals surface area contributed by atoms with Gasteiger partial charge in [0, 0.05) is 6.54 Å². The quantitative estimate of drug-likeness (QED) is 0.727. The summed E-state index contributed by atoms with van der Waals surface area (Å²) in [5, 5.41) is 12.0. The van der Waals surface area contributed by atoms with Crippen LogP contribution in [0.25, 0.3) is 0 Å². The normalized spacial score (nSPS) is 10.6. The number of carboxylic acids is 1. The Balaban J connectivity index is 2.70. The van der Waals surface area contributed by atoms with Gasteiger partial charge in [-0.25, -0.2) is 4.79 Å². The highest BCUT2D eigenvalue weighted by molar-refractivity contribution is 5.68. The van der Waals surface area contributed by atoms with E-state index in [2.05, 4.69) is 19.2 Å². The largest absolute Gasteiger partial charge is 0.490 e. The first-order valence-corrected chi connectivity index (χ1v) is 6.84. The predicted molar refractivity (Wildman–Crippen MR) is 77.3 cm³/mol. The molecule has 112 valence electrons. The van der Waals surface area contributed by atoms with E-state index in [-0.39, 0.29) is 6.61 Å². The summed E-state index contributed by atoms with van der Waals surface area (Å²) in [5.74, 6) is 0.633. The standard InChI is InChI=1S/C15H23NO4/c1-4-19-14-7-12(9-16-8-11(2)3)5-6-13(14)20-10-15(17)18/h5-7,11,16H,4,8-10H2,1-3H3,(H,17,18). The monoisotopic (exact) mass is 281 g/mol. The van der Waals surface area contributed by atoms with Gasteiger partial charge in [0.1, 0.15) is 0 Å². The molecule has 5 nitrogen and oxygen atoms in total. The fourth-order valence-corrected chi connectivity index (χ4v) is 1.69. The minimum Gasteiger partial charge on any atom is -0.490 e.